The van der Waals surface area contributed by atoms with Crippen molar-refractivity contribution in [2.24, 2.45) is 0 Å². The lowest BCUT2D eigenvalue weighted by Gasteiger charge is -2.08. The van der Waals surface area contributed by atoms with Crippen molar-refractivity contribution in [1.29, 1.82) is 0 Å². The number of anilines is 2. The normalized spacial score (nSPS) is 14.4. The van der Waals surface area contributed by atoms with Gasteiger partial charge in [-0.15, -0.1) is 0 Å². The summed E-state index contributed by atoms with van der Waals surface area (Å²) in [6.07, 6.45) is 4.24. The van der Waals surface area contributed by atoms with Gasteiger partial charge in [-0.1, -0.05) is 21.6 Å². The Morgan fingerprint density at radius 3 is 1.32 bits per heavy atom. The molecule has 2 heterocycles. The van der Waals surface area contributed by atoms with Gasteiger partial charge in [-0.25, -0.2) is 26.8 Å². The van der Waals surface area contributed by atoms with Crippen LogP contribution < -0.4 is 20.6 Å². The number of benzene rings is 2. The molecule has 38 heavy (non-hydrogen) atoms. The van der Waals surface area contributed by atoms with Crippen LogP contribution >= 0.6 is 21.6 Å². The van der Waals surface area contributed by atoms with Gasteiger partial charge in [0.2, 0.25) is 32.2 Å². The van der Waals surface area contributed by atoms with Crippen LogP contribution in [0.5, 0.6) is 0 Å². The Bertz CT molecular complexity index is 1400. The number of allylic oxidation sites excluding steroid dienone is 4. The first-order chi connectivity index (χ1) is 17.5. The summed E-state index contributed by atoms with van der Waals surface area (Å²) in [6, 6.07) is 13.0. The molecule has 206 valence electrons. The molecule has 0 aliphatic carbocycles. The van der Waals surface area contributed by atoms with E-state index in [2.05, 4.69) is 96.9 Å². The van der Waals surface area contributed by atoms with Gasteiger partial charge in [0.05, 0.1) is 0 Å². The lowest BCUT2D eigenvalue weighted by molar-refractivity contribution is -0.352. The van der Waals surface area contributed by atoms with Gasteiger partial charge in [-0.2, -0.15) is 0 Å². The number of hydrogen-bond acceptors (Lipinski definition) is 10. The van der Waals surface area contributed by atoms with E-state index in [0.29, 0.717) is 0 Å². The topological polar surface area (TPSA) is 207 Å². The smallest absolute Gasteiger partial charge is 0.227 e. The monoisotopic (exact) mass is 602 g/mol. The zero-order valence-electron chi connectivity index (χ0n) is 20.6. The summed E-state index contributed by atoms with van der Waals surface area (Å²) in [5.74, 6) is 0. The molecule has 2 aliphatic rings. The highest BCUT2D eigenvalue weighted by Gasteiger charge is 2.15. The minimum atomic E-state index is -4.92. The quantitative estimate of drug-likeness (QED) is 0.168. The Hall–Kier alpha value is -2.70. The van der Waals surface area contributed by atoms with Gasteiger partial charge in [0.15, 0.2) is 11.4 Å². The van der Waals surface area contributed by atoms with Crippen LogP contribution in [0.2, 0.25) is 0 Å². The molecule has 0 bridgehead atoms. The number of fused-ring (bicyclic) bond motifs is 2. The largest absolute Gasteiger partial charge is 0.726 e. The van der Waals surface area contributed by atoms with Crippen molar-refractivity contribution in [2.45, 2.75) is 37.5 Å². The minimum Gasteiger partial charge on any atom is -0.726 e. The van der Waals surface area contributed by atoms with E-state index in [1.807, 2.05) is 0 Å². The molecular weight excluding hydrogens is 577 g/mol. The van der Waals surface area contributed by atoms with E-state index in [1.54, 1.807) is 21.6 Å². The molecule has 2 aromatic rings. The fraction of sp³-hybridized carbons (Fsp3) is 0.182. The molecule has 0 saturated carbocycles. The molecule has 0 atom stereocenters. The van der Waals surface area contributed by atoms with E-state index < -0.39 is 20.8 Å². The van der Waals surface area contributed by atoms with Gasteiger partial charge in [0.1, 0.15) is 11.4 Å². The van der Waals surface area contributed by atoms with Crippen molar-refractivity contribution in [3.63, 3.8) is 0 Å². The molecule has 0 fully saturated rings. The summed E-state index contributed by atoms with van der Waals surface area (Å²) in [5, 5.41) is 6.95. The number of nitrogens with one attached hydrogen (secondary N) is 4. The van der Waals surface area contributed by atoms with Crippen LogP contribution in [-0.4, -0.2) is 46.5 Å². The Balaban J connectivity index is 0.000000435. The molecule has 0 aromatic heterocycles. The van der Waals surface area contributed by atoms with Crippen LogP contribution in [-0.2, 0) is 20.8 Å². The summed E-state index contributed by atoms with van der Waals surface area (Å²) < 4.78 is 65.7. The SMILES string of the molecule is CC1=CC(C)=[NH+]c2ccc(SSc3ccc4c(c3)NC(C)=CC(C)=[NH+]4)cc2N1.O=S(=O)([O-])O.O=S(=O)([O-])O. The maximum Gasteiger partial charge on any atom is 0.227 e. The summed E-state index contributed by atoms with van der Waals surface area (Å²) >= 11 is 0. The standard InChI is InChI=1S/C22H22N4S2.2H2O4S/c1-13-9-15(3)25-21-11-17(5-7-19(21)23-13)27-28-18-6-8-20-22(12-18)26-16(4)10-14(2)24-20;2*1-5(2,3)4/h5-12,25-26H,1-4H3;2*(H2,1,2,3,4). The average molecular weight is 603 g/mol. The summed E-state index contributed by atoms with van der Waals surface area (Å²) in [7, 11) is -6.30. The second kappa shape index (κ2) is 13.4. The number of hydrogen-bond donors (Lipinski definition) is 6. The van der Waals surface area contributed by atoms with Crippen LogP contribution in [0.1, 0.15) is 27.7 Å². The molecule has 0 spiro atoms. The molecule has 6 N–H and O–H groups in total. The Labute approximate surface area is 229 Å². The van der Waals surface area contributed by atoms with E-state index in [9.17, 15) is 0 Å². The third-order valence-corrected chi connectivity index (χ3v) is 6.79. The highest BCUT2D eigenvalue weighted by atomic mass is 33.1. The van der Waals surface area contributed by atoms with Gasteiger partial charge < -0.3 is 19.7 Å². The highest BCUT2D eigenvalue weighted by molar-refractivity contribution is 8.76. The Morgan fingerprint density at radius 1 is 0.684 bits per heavy atom. The van der Waals surface area contributed by atoms with Crippen molar-refractivity contribution < 1.29 is 45.0 Å². The second-order valence-electron chi connectivity index (χ2n) is 7.96. The van der Waals surface area contributed by atoms with Crippen molar-refractivity contribution in [3.8, 4) is 0 Å². The third-order valence-electron chi connectivity index (χ3n) is 4.41. The molecule has 2 aromatic carbocycles. The van der Waals surface area contributed by atoms with Crippen molar-refractivity contribution in [2.75, 3.05) is 10.6 Å². The van der Waals surface area contributed by atoms with E-state index >= 15 is 0 Å². The predicted molar refractivity (Wildman–Crippen MR) is 147 cm³/mol. The van der Waals surface area contributed by atoms with E-state index in [4.69, 9.17) is 35.0 Å². The van der Waals surface area contributed by atoms with Crippen molar-refractivity contribution >= 4 is 76.6 Å². The maximum atomic E-state index is 8.63. The maximum absolute atomic E-state index is 8.63. The van der Waals surface area contributed by atoms with E-state index in [-0.39, 0.29) is 0 Å². The summed E-state index contributed by atoms with van der Waals surface area (Å²) in [4.78, 5) is 9.31. The molecule has 12 nitrogen and oxygen atoms in total. The first-order valence-electron chi connectivity index (χ1n) is 10.6. The van der Waals surface area contributed by atoms with Crippen molar-refractivity contribution in [3.05, 3.63) is 59.9 Å². The molecule has 0 saturated heterocycles. The molecule has 16 heteroatoms. The first kappa shape index (κ1) is 31.5. The molecule has 2 aliphatic heterocycles. The highest BCUT2D eigenvalue weighted by Crippen LogP contribution is 2.41. The molecule has 0 radical (unpaired) electrons. The zero-order chi connectivity index (χ0) is 28.7. The Morgan fingerprint density at radius 2 is 1.00 bits per heavy atom. The summed E-state index contributed by atoms with van der Waals surface area (Å²) in [6.45, 7) is 8.33. The van der Waals surface area contributed by atoms with Crippen LogP contribution in [0.3, 0.4) is 0 Å². The van der Waals surface area contributed by atoms with E-state index in [0.717, 1.165) is 45.6 Å². The fourth-order valence-corrected chi connectivity index (χ4v) is 5.29. The van der Waals surface area contributed by atoms with E-state index in [1.165, 1.54) is 9.79 Å². The Kier molecular flexibility index (Phi) is 11.1. The third kappa shape index (κ3) is 12.7. The molecular formula is C22H26N4O8S4. The van der Waals surface area contributed by atoms with Gasteiger partial charge >= 0.3 is 0 Å². The van der Waals surface area contributed by atoms with Crippen molar-refractivity contribution in [1.82, 2.24) is 0 Å². The number of rotatable bonds is 3. The van der Waals surface area contributed by atoms with Crippen LogP contribution in [0, 0.1) is 0 Å². The fourth-order valence-electron chi connectivity index (χ4n) is 3.32. The first-order valence-corrected chi connectivity index (χ1v) is 15.5. The minimum absolute atomic E-state index is 1.11. The molecule has 0 unspecified atom stereocenters. The van der Waals surface area contributed by atoms with Gasteiger partial charge in [0.25, 0.3) is 0 Å². The van der Waals surface area contributed by atoms with Crippen LogP contribution in [0.4, 0.5) is 22.7 Å². The summed E-state index contributed by atoms with van der Waals surface area (Å²) in [5.41, 5.74) is 8.98. The average Bonchev–Trinajstić information content (AvgIpc) is 2.96. The van der Waals surface area contributed by atoms with Crippen LogP contribution in [0.15, 0.2) is 69.7 Å². The van der Waals surface area contributed by atoms with Gasteiger partial charge in [-0.05, 0) is 38.1 Å². The molecule has 0 amide bonds. The second-order valence-corrected chi connectivity index (χ2v) is 11.9. The lowest BCUT2D eigenvalue weighted by atomic mass is 10.2. The molecule has 4 rings (SSSR count). The van der Waals surface area contributed by atoms with Crippen LogP contribution in [0.25, 0.3) is 0 Å². The van der Waals surface area contributed by atoms with Gasteiger partial charge in [-0.3, -0.25) is 9.11 Å². The zero-order valence-corrected chi connectivity index (χ0v) is 23.9. The lowest BCUT2D eigenvalue weighted by Crippen LogP contribution is -2.64. The predicted octanol–water partition coefficient (Wildman–Crippen LogP) is 1.50. The van der Waals surface area contributed by atoms with Gasteiger partial charge in [0, 0.05) is 59.3 Å².